The van der Waals surface area contributed by atoms with Gasteiger partial charge in [0.2, 0.25) is 0 Å². The van der Waals surface area contributed by atoms with Crippen molar-refractivity contribution in [1.29, 1.82) is 5.26 Å². The van der Waals surface area contributed by atoms with Crippen LogP contribution in [0.1, 0.15) is 33.3 Å². The zero-order valence-corrected chi connectivity index (χ0v) is 12.7. The van der Waals surface area contributed by atoms with Crippen molar-refractivity contribution in [2.45, 2.75) is 45.3 Å². The van der Waals surface area contributed by atoms with E-state index in [4.69, 9.17) is 19.3 Å². The highest BCUT2D eigenvalue weighted by atomic mass is 16.7. The van der Waals surface area contributed by atoms with Crippen molar-refractivity contribution >= 4 is 12.6 Å². The Balaban J connectivity index is 2.38. The van der Waals surface area contributed by atoms with E-state index in [2.05, 4.69) is 6.07 Å². The minimum Gasteiger partial charge on any atom is -0.497 e. The van der Waals surface area contributed by atoms with E-state index in [-0.39, 0.29) is 0 Å². The van der Waals surface area contributed by atoms with Gasteiger partial charge in [-0.1, -0.05) is 12.1 Å². The molecule has 0 N–H and O–H groups in total. The molecule has 0 spiro atoms. The summed E-state index contributed by atoms with van der Waals surface area (Å²) in [4.78, 5) is 0. The fourth-order valence-electron chi connectivity index (χ4n) is 2.14. The number of rotatable bonds is 3. The van der Waals surface area contributed by atoms with Crippen molar-refractivity contribution in [3.8, 4) is 11.8 Å². The second-order valence-corrected chi connectivity index (χ2v) is 6.00. The van der Waals surface area contributed by atoms with Crippen molar-refractivity contribution in [2.75, 3.05) is 7.11 Å². The summed E-state index contributed by atoms with van der Waals surface area (Å²) >= 11 is 0. The van der Waals surface area contributed by atoms with Crippen LogP contribution in [0.4, 0.5) is 0 Å². The molecule has 0 radical (unpaired) electrons. The van der Waals surface area contributed by atoms with Crippen LogP contribution in [0.25, 0.3) is 0 Å². The standard InChI is InChI=1S/C15H20BNO3/c1-14(2)15(3,4)20-16(19-14)12-10-11(8-9-17)6-7-13(12)18-5/h6-7,10H,8H2,1-5H3. The number of nitrogens with zero attached hydrogens (tertiary/aromatic N) is 1. The summed E-state index contributed by atoms with van der Waals surface area (Å²) in [6.07, 6.45) is 0.358. The zero-order valence-electron chi connectivity index (χ0n) is 12.7. The highest BCUT2D eigenvalue weighted by molar-refractivity contribution is 6.63. The van der Waals surface area contributed by atoms with E-state index >= 15 is 0 Å². The molecule has 0 saturated carbocycles. The number of hydrogen-bond donors (Lipinski definition) is 0. The van der Waals surface area contributed by atoms with Gasteiger partial charge in [0.15, 0.2) is 0 Å². The van der Waals surface area contributed by atoms with E-state index in [9.17, 15) is 0 Å². The van der Waals surface area contributed by atoms with Gasteiger partial charge in [0.1, 0.15) is 5.75 Å². The van der Waals surface area contributed by atoms with Crippen LogP contribution >= 0.6 is 0 Å². The molecule has 1 saturated heterocycles. The molecule has 1 aliphatic heterocycles. The van der Waals surface area contributed by atoms with Gasteiger partial charge in [-0.15, -0.1) is 0 Å². The molecule has 0 amide bonds. The lowest BCUT2D eigenvalue weighted by Gasteiger charge is -2.32. The third-order valence-corrected chi connectivity index (χ3v) is 4.08. The summed E-state index contributed by atoms with van der Waals surface area (Å²) in [5.74, 6) is 0.713. The monoisotopic (exact) mass is 273 g/mol. The van der Waals surface area contributed by atoms with Gasteiger partial charge in [0, 0.05) is 5.46 Å². The highest BCUT2D eigenvalue weighted by Gasteiger charge is 2.52. The molecule has 1 aromatic carbocycles. The summed E-state index contributed by atoms with van der Waals surface area (Å²) in [6, 6.07) is 7.81. The van der Waals surface area contributed by atoms with Crippen LogP contribution in [-0.2, 0) is 15.7 Å². The molecule has 0 aliphatic carbocycles. The fourth-order valence-corrected chi connectivity index (χ4v) is 2.14. The van der Waals surface area contributed by atoms with Crippen LogP contribution in [0.15, 0.2) is 18.2 Å². The molecule has 5 heteroatoms. The Morgan fingerprint density at radius 3 is 2.30 bits per heavy atom. The van der Waals surface area contributed by atoms with Crippen LogP contribution in [0.2, 0.25) is 0 Å². The summed E-state index contributed by atoms with van der Waals surface area (Å²) < 4.78 is 17.5. The maximum absolute atomic E-state index is 8.82. The Labute approximate surface area is 120 Å². The van der Waals surface area contributed by atoms with Gasteiger partial charge >= 0.3 is 7.12 Å². The molecule has 1 heterocycles. The number of hydrogen-bond acceptors (Lipinski definition) is 4. The van der Waals surface area contributed by atoms with Crippen LogP contribution in [0.3, 0.4) is 0 Å². The van der Waals surface area contributed by atoms with Gasteiger partial charge in [-0.05, 0) is 39.3 Å². The lowest BCUT2D eigenvalue weighted by molar-refractivity contribution is 0.00578. The molecular weight excluding hydrogens is 253 g/mol. The van der Waals surface area contributed by atoms with Gasteiger partial charge in [-0.3, -0.25) is 0 Å². The molecule has 0 unspecified atom stereocenters. The third-order valence-electron chi connectivity index (χ3n) is 4.08. The molecule has 106 valence electrons. The van der Waals surface area contributed by atoms with E-state index in [1.807, 2.05) is 45.9 Å². The minimum absolute atomic E-state index is 0.358. The van der Waals surface area contributed by atoms with Gasteiger partial charge in [0.25, 0.3) is 0 Å². The number of methoxy groups -OCH3 is 1. The predicted molar refractivity (Wildman–Crippen MR) is 78.0 cm³/mol. The molecular formula is C15H20BNO3. The van der Waals surface area contributed by atoms with Crippen molar-refractivity contribution in [2.24, 2.45) is 0 Å². The first kappa shape index (κ1) is 14.9. The molecule has 0 aromatic heterocycles. The second kappa shape index (κ2) is 5.12. The summed E-state index contributed by atoms with van der Waals surface area (Å²) in [6.45, 7) is 8.05. The number of benzene rings is 1. The highest BCUT2D eigenvalue weighted by Crippen LogP contribution is 2.37. The van der Waals surface area contributed by atoms with E-state index in [1.165, 1.54) is 0 Å². The first-order valence-corrected chi connectivity index (χ1v) is 6.70. The smallest absolute Gasteiger partial charge is 0.497 e. The topological polar surface area (TPSA) is 51.5 Å². The first-order chi connectivity index (χ1) is 9.30. The van der Waals surface area contributed by atoms with E-state index in [0.717, 1.165) is 11.0 Å². The normalized spacial score (nSPS) is 19.7. The molecule has 4 nitrogen and oxygen atoms in total. The lowest BCUT2D eigenvalue weighted by Crippen LogP contribution is -2.41. The van der Waals surface area contributed by atoms with Crippen LogP contribution < -0.4 is 10.2 Å². The third kappa shape index (κ3) is 2.54. The quantitative estimate of drug-likeness (QED) is 0.791. The Morgan fingerprint density at radius 1 is 1.20 bits per heavy atom. The largest absolute Gasteiger partial charge is 0.498 e. The van der Waals surface area contributed by atoms with Gasteiger partial charge in [-0.25, -0.2) is 0 Å². The van der Waals surface area contributed by atoms with E-state index in [0.29, 0.717) is 12.2 Å². The summed E-state index contributed by atoms with van der Waals surface area (Å²) in [5, 5.41) is 8.82. The zero-order chi connectivity index (χ0) is 15.0. The summed E-state index contributed by atoms with van der Waals surface area (Å²) in [7, 11) is 1.14. The first-order valence-electron chi connectivity index (χ1n) is 6.70. The molecule has 2 rings (SSSR count). The predicted octanol–water partition coefficient (Wildman–Crippen LogP) is 2.06. The van der Waals surface area contributed by atoms with Crippen LogP contribution in [-0.4, -0.2) is 25.4 Å². The number of ether oxygens (including phenoxy) is 1. The van der Waals surface area contributed by atoms with Crippen molar-refractivity contribution < 1.29 is 14.0 Å². The Hall–Kier alpha value is -1.51. The molecule has 1 aromatic rings. The SMILES string of the molecule is COc1ccc(CC#N)cc1B1OC(C)(C)C(C)(C)O1. The summed E-state index contributed by atoms with van der Waals surface area (Å²) in [5.41, 5.74) is 0.971. The maximum atomic E-state index is 8.82. The van der Waals surface area contributed by atoms with Crippen molar-refractivity contribution in [3.63, 3.8) is 0 Å². The number of nitriles is 1. The minimum atomic E-state index is -0.478. The fraction of sp³-hybridized carbons (Fsp3) is 0.533. The van der Waals surface area contributed by atoms with Crippen LogP contribution in [0.5, 0.6) is 5.75 Å². The maximum Gasteiger partial charge on any atom is 0.498 e. The molecule has 20 heavy (non-hydrogen) atoms. The van der Waals surface area contributed by atoms with E-state index in [1.54, 1.807) is 7.11 Å². The Bertz CT molecular complexity index is 533. The van der Waals surface area contributed by atoms with Crippen molar-refractivity contribution in [1.82, 2.24) is 0 Å². The average Bonchev–Trinajstić information content (AvgIpc) is 2.59. The average molecular weight is 273 g/mol. The molecule has 1 aliphatic rings. The van der Waals surface area contributed by atoms with E-state index < -0.39 is 18.3 Å². The lowest BCUT2D eigenvalue weighted by atomic mass is 9.77. The Morgan fingerprint density at radius 2 is 1.80 bits per heavy atom. The molecule has 0 atom stereocenters. The van der Waals surface area contributed by atoms with Gasteiger partial charge in [0.05, 0.1) is 30.8 Å². The molecule has 1 fully saturated rings. The van der Waals surface area contributed by atoms with Gasteiger partial charge in [-0.2, -0.15) is 5.26 Å². The molecule has 0 bridgehead atoms. The van der Waals surface area contributed by atoms with Crippen molar-refractivity contribution in [3.05, 3.63) is 23.8 Å². The second-order valence-electron chi connectivity index (χ2n) is 6.00. The van der Waals surface area contributed by atoms with Gasteiger partial charge < -0.3 is 14.0 Å². The van der Waals surface area contributed by atoms with Crippen LogP contribution in [0, 0.1) is 11.3 Å². The Kier molecular flexibility index (Phi) is 3.81.